The lowest BCUT2D eigenvalue weighted by atomic mass is 10.1. The summed E-state index contributed by atoms with van der Waals surface area (Å²) in [4.78, 5) is 0. The molecule has 0 spiro atoms. The normalized spacial score (nSPS) is 10.0. The van der Waals surface area contributed by atoms with E-state index in [0.717, 1.165) is 17.7 Å². The molecule has 0 saturated carbocycles. The van der Waals surface area contributed by atoms with Crippen LogP contribution in [0.3, 0.4) is 0 Å². The molecule has 0 fully saturated rings. The van der Waals surface area contributed by atoms with Crippen LogP contribution in [0.5, 0.6) is 11.5 Å². The minimum Gasteiger partial charge on any atom is -0.493 e. The fourth-order valence-electron chi connectivity index (χ4n) is 2.72. The summed E-state index contributed by atoms with van der Waals surface area (Å²) in [6.07, 6.45) is 0.785. The van der Waals surface area contributed by atoms with Crippen molar-refractivity contribution in [2.24, 2.45) is 0 Å². The molecule has 28 heavy (non-hydrogen) atoms. The van der Waals surface area contributed by atoms with Crippen LogP contribution >= 0.6 is 24.4 Å². The van der Waals surface area contributed by atoms with Gasteiger partial charge in [-0.1, -0.05) is 12.1 Å². The topological polar surface area (TPSA) is 66.6 Å². The molecule has 0 unspecified atom stereocenters. The highest BCUT2D eigenvalue weighted by Gasteiger charge is 2.05. The molecule has 0 radical (unpaired) electrons. The molecule has 2 rings (SSSR count). The summed E-state index contributed by atoms with van der Waals surface area (Å²) in [5.41, 5.74) is 10.2. The van der Waals surface area contributed by atoms with Crippen LogP contribution in [-0.2, 0) is 6.42 Å². The first-order valence-electron chi connectivity index (χ1n) is 8.81. The quantitative estimate of drug-likeness (QED) is 0.421. The number of benzene rings is 2. The van der Waals surface area contributed by atoms with E-state index >= 15 is 0 Å². The van der Waals surface area contributed by atoms with Crippen molar-refractivity contribution >= 4 is 40.3 Å². The fraction of sp³-hybridized carbons (Fsp3) is 0.300. The Balaban J connectivity index is 1.73. The molecule has 0 aliphatic rings. The van der Waals surface area contributed by atoms with Gasteiger partial charge in [-0.15, -0.1) is 0 Å². The molecule has 6 nitrogen and oxygen atoms in total. The van der Waals surface area contributed by atoms with E-state index in [1.54, 1.807) is 14.2 Å². The molecular formula is C20H26N4O2S2. The van der Waals surface area contributed by atoms with Crippen LogP contribution in [-0.4, -0.2) is 31.0 Å². The minimum absolute atomic E-state index is 0.439. The van der Waals surface area contributed by atoms with Crippen LogP contribution in [0.2, 0.25) is 0 Å². The second kappa shape index (κ2) is 10.7. The summed E-state index contributed by atoms with van der Waals surface area (Å²) in [6, 6.07) is 12.0. The number of hydrazine groups is 1. The first kappa shape index (κ1) is 21.7. The number of rotatable bonds is 6. The summed E-state index contributed by atoms with van der Waals surface area (Å²) in [7, 11) is 3.25. The van der Waals surface area contributed by atoms with E-state index in [0.29, 0.717) is 28.3 Å². The van der Waals surface area contributed by atoms with Gasteiger partial charge in [-0.05, 0) is 85.7 Å². The summed E-state index contributed by atoms with van der Waals surface area (Å²) in [6.45, 7) is 4.76. The van der Waals surface area contributed by atoms with Crippen molar-refractivity contribution in [3.8, 4) is 11.5 Å². The third-order valence-corrected chi connectivity index (χ3v) is 4.37. The maximum atomic E-state index is 5.32. The van der Waals surface area contributed by atoms with Gasteiger partial charge in [0, 0.05) is 12.2 Å². The van der Waals surface area contributed by atoms with Crippen LogP contribution in [0.4, 0.5) is 5.69 Å². The van der Waals surface area contributed by atoms with Crippen LogP contribution in [0.15, 0.2) is 36.4 Å². The zero-order valence-electron chi connectivity index (χ0n) is 16.5. The number of anilines is 1. The Bertz CT molecular complexity index is 823. The minimum atomic E-state index is 0.439. The summed E-state index contributed by atoms with van der Waals surface area (Å²) >= 11 is 10.5. The zero-order chi connectivity index (χ0) is 20.5. The predicted octanol–water partition coefficient (Wildman–Crippen LogP) is 3.23. The number of ether oxygens (including phenoxy) is 2. The molecule has 0 heterocycles. The Morgan fingerprint density at radius 1 is 0.857 bits per heavy atom. The Morgan fingerprint density at radius 2 is 1.50 bits per heavy atom. The molecule has 0 aliphatic heterocycles. The SMILES string of the molecule is COc1ccc(CCNC(=S)NNC(=S)Nc2cc(C)cc(C)c2)cc1OC. The second-order valence-electron chi connectivity index (χ2n) is 6.28. The monoisotopic (exact) mass is 418 g/mol. The summed E-state index contributed by atoms with van der Waals surface area (Å²) in [5.74, 6) is 1.43. The van der Waals surface area contributed by atoms with Gasteiger partial charge < -0.3 is 20.1 Å². The van der Waals surface area contributed by atoms with E-state index in [-0.39, 0.29) is 0 Å². The average Bonchev–Trinajstić information content (AvgIpc) is 2.65. The van der Waals surface area contributed by atoms with Gasteiger partial charge in [0.15, 0.2) is 21.7 Å². The molecular weight excluding hydrogens is 392 g/mol. The molecule has 0 amide bonds. The summed E-state index contributed by atoms with van der Waals surface area (Å²) < 4.78 is 10.6. The van der Waals surface area contributed by atoms with Gasteiger partial charge in [0.2, 0.25) is 0 Å². The van der Waals surface area contributed by atoms with Gasteiger partial charge in [0.1, 0.15) is 0 Å². The lowest BCUT2D eigenvalue weighted by Gasteiger charge is -2.15. The van der Waals surface area contributed by atoms with E-state index < -0.39 is 0 Å². The molecule has 0 aliphatic carbocycles. The van der Waals surface area contributed by atoms with E-state index in [1.165, 1.54) is 11.1 Å². The van der Waals surface area contributed by atoms with Gasteiger partial charge in [-0.25, -0.2) is 0 Å². The van der Waals surface area contributed by atoms with Crippen molar-refractivity contribution in [2.75, 3.05) is 26.1 Å². The third kappa shape index (κ3) is 6.86. The number of hydrogen-bond acceptors (Lipinski definition) is 4. The van der Waals surface area contributed by atoms with Crippen LogP contribution in [0.1, 0.15) is 16.7 Å². The molecule has 0 bridgehead atoms. The molecule has 150 valence electrons. The Kier molecular flexibility index (Phi) is 8.28. The van der Waals surface area contributed by atoms with Crippen molar-refractivity contribution in [3.63, 3.8) is 0 Å². The smallest absolute Gasteiger partial charge is 0.189 e. The number of hydrogen-bond donors (Lipinski definition) is 4. The average molecular weight is 419 g/mol. The van der Waals surface area contributed by atoms with E-state index in [1.807, 2.05) is 44.2 Å². The van der Waals surface area contributed by atoms with Gasteiger partial charge in [-0.2, -0.15) is 0 Å². The Hall–Kier alpha value is -2.58. The largest absolute Gasteiger partial charge is 0.493 e. The van der Waals surface area contributed by atoms with Gasteiger partial charge in [0.05, 0.1) is 14.2 Å². The predicted molar refractivity (Wildman–Crippen MR) is 122 cm³/mol. The highest BCUT2D eigenvalue weighted by molar-refractivity contribution is 7.80. The maximum absolute atomic E-state index is 5.32. The molecule has 2 aromatic carbocycles. The zero-order valence-corrected chi connectivity index (χ0v) is 18.1. The lowest BCUT2D eigenvalue weighted by Crippen LogP contribution is -2.48. The van der Waals surface area contributed by atoms with E-state index in [4.69, 9.17) is 33.9 Å². The standard InChI is InChI=1S/C20H26N4O2S2/c1-13-9-14(2)11-16(10-13)22-20(28)24-23-19(27)21-8-7-15-5-6-17(25-3)18(12-15)26-4/h5-6,9-12H,7-8H2,1-4H3,(H2,21,23,27)(H2,22,24,28). The first-order valence-corrected chi connectivity index (χ1v) is 9.63. The van der Waals surface area contributed by atoms with Crippen LogP contribution in [0, 0.1) is 13.8 Å². The van der Waals surface area contributed by atoms with Gasteiger partial charge in [-0.3, -0.25) is 10.9 Å². The van der Waals surface area contributed by atoms with Crippen molar-refractivity contribution in [1.82, 2.24) is 16.2 Å². The highest BCUT2D eigenvalue weighted by atomic mass is 32.1. The number of nitrogens with one attached hydrogen (secondary N) is 4. The molecule has 4 N–H and O–H groups in total. The van der Waals surface area contributed by atoms with E-state index in [9.17, 15) is 0 Å². The molecule has 8 heteroatoms. The fourth-order valence-corrected chi connectivity index (χ4v) is 3.05. The summed E-state index contributed by atoms with van der Waals surface area (Å²) in [5, 5.41) is 7.16. The van der Waals surface area contributed by atoms with Gasteiger partial charge >= 0.3 is 0 Å². The highest BCUT2D eigenvalue weighted by Crippen LogP contribution is 2.27. The number of methoxy groups -OCH3 is 2. The number of aryl methyl sites for hydroxylation is 2. The molecule has 0 aromatic heterocycles. The Labute approximate surface area is 177 Å². The molecule has 0 atom stereocenters. The molecule has 0 saturated heterocycles. The third-order valence-electron chi connectivity index (χ3n) is 3.92. The van der Waals surface area contributed by atoms with Crippen molar-refractivity contribution in [1.29, 1.82) is 0 Å². The van der Waals surface area contributed by atoms with Crippen molar-refractivity contribution in [3.05, 3.63) is 53.1 Å². The number of thiocarbonyl (C=S) groups is 2. The lowest BCUT2D eigenvalue weighted by molar-refractivity contribution is 0.354. The van der Waals surface area contributed by atoms with Crippen molar-refractivity contribution in [2.45, 2.75) is 20.3 Å². The van der Waals surface area contributed by atoms with E-state index in [2.05, 4.69) is 27.6 Å². The van der Waals surface area contributed by atoms with Crippen molar-refractivity contribution < 1.29 is 9.47 Å². The van der Waals surface area contributed by atoms with Crippen LogP contribution < -0.4 is 31.0 Å². The van der Waals surface area contributed by atoms with Gasteiger partial charge in [0.25, 0.3) is 0 Å². The second-order valence-corrected chi connectivity index (χ2v) is 7.09. The van der Waals surface area contributed by atoms with Crippen LogP contribution in [0.25, 0.3) is 0 Å². The Morgan fingerprint density at radius 3 is 2.14 bits per heavy atom. The molecule has 2 aromatic rings. The maximum Gasteiger partial charge on any atom is 0.189 e. The first-order chi connectivity index (χ1) is 13.4.